The van der Waals surface area contributed by atoms with Crippen molar-refractivity contribution in [1.29, 1.82) is 0 Å². The van der Waals surface area contributed by atoms with Crippen LogP contribution in [0.4, 0.5) is 5.82 Å². The molecule has 0 aliphatic carbocycles. The van der Waals surface area contributed by atoms with Crippen molar-refractivity contribution >= 4 is 32.7 Å². The van der Waals surface area contributed by atoms with E-state index in [9.17, 15) is 0 Å². The highest BCUT2D eigenvalue weighted by Crippen LogP contribution is 2.25. The van der Waals surface area contributed by atoms with E-state index in [2.05, 4.69) is 30.8 Å². The first kappa shape index (κ1) is 13.2. The first-order chi connectivity index (χ1) is 8.72. The van der Waals surface area contributed by atoms with Crippen LogP contribution in [0.15, 0.2) is 29.0 Å². The van der Waals surface area contributed by atoms with Crippen molar-refractivity contribution in [3.63, 3.8) is 0 Å². The summed E-state index contributed by atoms with van der Waals surface area (Å²) in [6.07, 6.45) is 1.60. The Morgan fingerprint density at radius 1 is 1.33 bits per heavy atom. The summed E-state index contributed by atoms with van der Waals surface area (Å²) >= 11 is 3.48. The maximum atomic E-state index is 5.37. The minimum absolute atomic E-state index is 0.701. The van der Waals surface area contributed by atoms with Crippen LogP contribution in [0.2, 0.25) is 0 Å². The van der Waals surface area contributed by atoms with Gasteiger partial charge >= 0.3 is 0 Å². The Hall–Kier alpha value is -1.20. The first-order valence-electron chi connectivity index (χ1n) is 5.91. The fourth-order valence-corrected chi connectivity index (χ4v) is 2.13. The third kappa shape index (κ3) is 2.97. The lowest BCUT2D eigenvalue weighted by Crippen LogP contribution is -2.23. The van der Waals surface area contributed by atoms with E-state index in [4.69, 9.17) is 4.74 Å². The highest BCUT2D eigenvalue weighted by molar-refractivity contribution is 9.10. The molecule has 0 saturated heterocycles. The van der Waals surface area contributed by atoms with Crippen molar-refractivity contribution in [2.75, 3.05) is 31.7 Å². The lowest BCUT2D eigenvalue weighted by Gasteiger charge is -2.19. The Morgan fingerprint density at radius 3 is 2.94 bits per heavy atom. The molecule has 5 heteroatoms. The van der Waals surface area contributed by atoms with E-state index < -0.39 is 0 Å². The number of likely N-dealkylation sites (N-methyl/N-ethyl adjacent to an activating group) is 1. The van der Waals surface area contributed by atoms with Crippen LogP contribution in [-0.2, 0) is 4.74 Å². The molecule has 1 aromatic carbocycles. The van der Waals surface area contributed by atoms with Crippen LogP contribution < -0.4 is 4.90 Å². The fraction of sp³-hybridized carbons (Fsp3) is 0.385. The number of anilines is 1. The second-order valence-corrected chi connectivity index (χ2v) is 4.89. The van der Waals surface area contributed by atoms with Gasteiger partial charge in [-0.25, -0.2) is 9.97 Å². The summed E-state index contributed by atoms with van der Waals surface area (Å²) in [5, 5.41) is 1.05. The lowest BCUT2D eigenvalue weighted by molar-refractivity contribution is 0.154. The zero-order valence-electron chi connectivity index (χ0n) is 10.6. The van der Waals surface area contributed by atoms with Gasteiger partial charge in [-0.2, -0.15) is 0 Å². The molecule has 4 nitrogen and oxygen atoms in total. The van der Waals surface area contributed by atoms with Crippen molar-refractivity contribution < 1.29 is 4.74 Å². The van der Waals surface area contributed by atoms with Crippen LogP contribution in [0, 0.1) is 0 Å². The maximum Gasteiger partial charge on any atom is 0.139 e. The van der Waals surface area contributed by atoms with Crippen molar-refractivity contribution in [2.24, 2.45) is 0 Å². The zero-order valence-corrected chi connectivity index (χ0v) is 12.1. The fourth-order valence-electron chi connectivity index (χ4n) is 1.77. The minimum atomic E-state index is 0.701. The summed E-state index contributed by atoms with van der Waals surface area (Å²) in [4.78, 5) is 10.7. The van der Waals surface area contributed by atoms with Gasteiger partial charge in [-0.15, -0.1) is 0 Å². The third-order valence-corrected chi connectivity index (χ3v) is 3.21. The van der Waals surface area contributed by atoms with Crippen molar-refractivity contribution in [1.82, 2.24) is 9.97 Å². The van der Waals surface area contributed by atoms with Crippen LogP contribution >= 0.6 is 15.9 Å². The first-order valence-corrected chi connectivity index (χ1v) is 6.71. The van der Waals surface area contributed by atoms with E-state index in [-0.39, 0.29) is 0 Å². The molecule has 0 amide bonds. The minimum Gasteiger partial charge on any atom is -0.380 e. The van der Waals surface area contributed by atoms with E-state index >= 15 is 0 Å². The Kier molecular flexibility index (Phi) is 4.49. The van der Waals surface area contributed by atoms with Gasteiger partial charge in [0.2, 0.25) is 0 Å². The number of benzene rings is 1. The average molecular weight is 310 g/mol. The second-order valence-electron chi connectivity index (χ2n) is 3.98. The quantitative estimate of drug-likeness (QED) is 0.796. The summed E-state index contributed by atoms with van der Waals surface area (Å²) < 4.78 is 6.40. The lowest BCUT2D eigenvalue weighted by atomic mass is 10.2. The van der Waals surface area contributed by atoms with Gasteiger partial charge in [-0.05, 0) is 25.1 Å². The molecule has 0 atom stereocenters. The molecule has 1 heterocycles. The van der Waals surface area contributed by atoms with Gasteiger partial charge in [0, 0.05) is 30.1 Å². The number of hydrogen-bond acceptors (Lipinski definition) is 4. The van der Waals surface area contributed by atoms with Crippen molar-refractivity contribution in [3.8, 4) is 0 Å². The molecule has 0 radical (unpaired) electrons. The molecule has 0 unspecified atom stereocenters. The van der Waals surface area contributed by atoms with Crippen molar-refractivity contribution in [3.05, 3.63) is 29.0 Å². The van der Waals surface area contributed by atoms with Gasteiger partial charge in [0.05, 0.1) is 12.1 Å². The average Bonchev–Trinajstić information content (AvgIpc) is 2.38. The summed E-state index contributed by atoms with van der Waals surface area (Å²) in [6.45, 7) is 4.25. The van der Waals surface area contributed by atoms with Gasteiger partial charge in [0.15, 0.2) is 0 Å². The Labute approximate surface area is 115 Å². The molecule has 0 N–H and O–H groups in total. The number of rotatable bonds is 5. The molecule has 0 aliphatic heterocycles. The molecule has 18 heavy (non-hydrogen) atoms. The molecule has 0 saturated carbocycles. The van der Waals surface area contributed by atoms with E-state index in [1.165, 1.54) is 0 Å². The van der Waals surface area contributed by atoms with Crippen LogP contribution in [0.1, 0.15) is 6.92 Å². The number of halogens is 1. The molecule has 0 spiro atoms. The van der Waals surface area contributed by atoms with Crippen LogP contribution in [0.25, 0.3) is 10.9 Å². The highest BCUT2D eigenvalue weighted by Gasteiger charge is 2.08. The largest absolute Gasteiger partial charge is 0.380 e. The molecular formula is C13H16BrN3O. The van der Waals surface area contributed by atoms with Crippen LogP contribution in [0.3, 0.4) is 0 Å². The van der Waals surface area contributed by atoms with Gasteiger partial charge < -0.3 is 9.64 Å². The molecule has 2 aromatic rings. The number of hydrogen-bond donors (Lipinski definition) is 0. The smallest absolute Gasteiger partial charge is 0.139 e. The second kappa shape index (κ2) is 6.11. The molecule has 2 rings (SSSR count). The Balaban J connectivity index is 2.29. The molecule has 1 aromatic heterocycles. The molecule has 96 valence electrons. The molecule has 0 bridgehead atoms. The van der Waals surface area contributed by atoms with Gasteiger partial charge in [0.1, 0.15) is 12.1 Å². The molecule has 0 aliphatic rings. The van der Waals surface area contributed by atoms with Gasteiger partial charge in [0.25, 0.3) is 0 Å². The summed E-state index contributed by atoms with van der Waals surface area (Å²) in [5.74, 6) is 0.931. The number of nitrogens with zero attached hydrogens (tertiary/aromatic N) is 3. The Bertz CT molecular complexity index is 533. The normalized spacial score (nSPS) is 10.8. The SMILES string of the molecule is CCOCCN(C)c1ncnc2ccc(Br)cc12. The molecular weight excluding hydrogens is 294 g/mol. The summed E-state index contributed by atoms with van der Waals surface area (Å²) in [7, 11) is 2.02. The summed E-state index contributed by atoms with van der Waals surface area (Å²) in [5.41, 5.74) is 0.950. The van der Waals surface area contributed by atoms with E-state index in [0.717, 1.165) is 34.3 Å². The van der Waals surface area contributed by atoms with Gasteiger partial charge in [-0.1, -0.05) is 15.9 Å². The van der Waals surface area contributed by atoms with E-state index in [1.807, 2.05) is 32.2 Å². The number of ether oxygens (including phenoxy) is 1. The highest BCUT2D eigenvalue weighted by atomic mass is 79.9. The van der Waals surface area contributed by atoms with E-state index in [0.29, 0.717) is 6.61 Å². The van der Waals surface area contributed by atoms with E-state index in [1.54, 1.807) is 6.33 Å². The topological polar surface area (TPSA) is 38.2 Å². The predicted octanol–water partition coefficient (Wildman–Crippen LogP) is 2.87. The van der Waals surface area contributed by atoms with Crippen molar-refractivity contribution in [2.45, 2.75) is 6.92 Å². The number of fused-ring (bicyclic) bond motifs is 1. The van der Waals surface area contributed by atoms with Gasteiger partial charge in [-0.3, -0.25) is 0 Å². The molecule has 0 fully saturated rings. The maximum absolute atomic E-state index is 5.37. The van der Waals surface area contributed by atoms with Crippen LogP contribution in [0.5, 0.6) is 0 Å². The Morgan fingerprint density at radius 2 is 2.17 bits per heavy atom. The predicted molar refractivity (Wildman–Crippen MR) is 77.0 cm³/mol. The summed E-state index contributed by atoms with van der Waals surface area (Å²) in [6, 6.07) is 6.02. The van der Waals surface area contributed by atoms with Crippen LogP contribution in [-0.4, -0.2) is 36.8 Å². The monoisotopic (exact) mass is 309 g/mol. The standard InChI is InChI=1S/C13H16BrN3O/c1-3-18-7-6-17(2)13-11-8-10(14)4-5-12(11)15-9-16-13/h4-5,8-9H,3,6-7H2,1-2H3. The zero-order chi connectivity index (χ0) is 13.0. The third-order valence-electron chi connectivity index (χ3n) is 2.71. The number of aromatic nitrogens is 2.